The van der Waals surface area contributed by atoms with Gasteiger partial charge in [0.05, 0.1) is 26.9 Å². The van der Waals surface area contributed by atoms with Gasteiger partial charge in [0.25, 0.3) is 0 Å². The van der Waals surface area contributed by atoms with Crippen LogP contribution in [0.25, 0.3) is 0 Å². The maximum atomic E-state index is 11.9. The summed E-state index contributed by atoms with van der Waals surface area (Å²) in [5, 5.41) is 0. The normalized spacial score (nSPS) is 10.0. The van der Waals surface area contributed by atoms with Crippen molar-refractivity contribution in [2.24, 2.45) is 0 Å². The lowest BCUT2D eigenvalue weighted by molar-refractivity contribution is 0.0596. The largest absolute Gasteiger partial charge is 0.497 e. The van der Waals surface area contributed by atoms with E-state index in [1.807, 2.05) is 36.4 Å². The highest BCUT2D eigenvalue weighted by atomic mass is 32.2. The second kappa shape index (κ2) is 7.04. The highest BCUT2D eigenvalue weighted by Gasteiger charge is 2.14. The number of carbonyl (C=O) groups excluding carboxylic acids is 1. The van der Waals surface area contributed by atoms with Crippen LogP contribution in [0.15, 0.2) is 52.3 Å². The maximum Gasteiger partial charge on any atom is 0.339 e. The Morgan fingerprint density at radius 3 is 2.10 bits per heavy atom. The van der Waals surface area contributed by atoms with Crippen LogP contribution >= 0.6 is 11.8 Å². The Morgan fingerprint density at radius 2 is 1.52 bits per heavy atom. The van der Waals surface area contributed by atoms with Crippen molar-refractivity contribution in [3.05, 3.63) is 48.0 Å². The SMILES string of the molecule is COC(=O)c1cc(OC)ccc1Sc1ccc(OC)cc1. The van der Waals surface area contributed by atoms with Crippen LogP contribution in [0.4, 0.5) is 0 Å². The highest BCUT2D eigenvalue weighted by molar-refractivity contribution is 7.99. The summed E-state index contributed by atoms with van der Waals surface area (Å²) in [5.41, 5.74) is 0.484. The molecule has 0 atom stereocenters. The van der Waals surface area contributed by atoms with Crippen molar-refractivity contribution in [1.29, 1.82) is 0 Å². The van der Waals surface area contributed by atoms with Crippen LogP contribution in [0.5, 0.6) is 11.5 Å². The molecule has 21 heavy (non-hydrogen) atoms. The molecule has 0 spiro atoms. The van der Waals surface area contributed by atoms with E-state index in [-0.39, 0.29) is 5.97 Å². The summed E-state index contributed by atoms with van der Waals surface area (Å²) in [6.45, 7) is 0. The lowest BCUT2D eigenvalue weighted by atomic mass is 10.2. The Labute approximate surface area is 128 Å². The van der Waals surface area contributed by atoms with Crippen molar-refractivity contribution in [2.75, 3.05) is 21.3 Å². The van der Waals surface area contributed by atoms with E-state index in [1.54, 1.807) is 20.3 Å². The molecule has 0 aromatic heterocycles. The van der Waals surface area contributed by atoms with Crippen molar-refractivity contribution in [1.82, 2.24) is 0 Å². The number of methoxy groups -OCH3 is 3. The summed E-state index contributed by atoms with van der Waals surface area (Å²) in [5.74, 6) is 1.03. The molecule has 0 saturated carbocycles. The molecular weight excluding hydrogens is 288 g/mol. The van der Waals surface area contributed by atoms with E-state index in [9.17, 15) is 4.79 Å². The van der Waals surface area contributed by atoms with Gasteiger partial charge < -0.3 is 14.2 Å². The number of benzene rings is 2. The summed E-state index contributed by atoms with van der Waals surface area (Å²) in [6.07, 6.45) is 0. The topological polar surface area (TPSA) is 44.8 Å². The number of hydrogen-bond acceptors (Lipinski definition) is 5. The van der Waals surface area contributed by atoms with Crippen molar-refractivity contribution < 1.29 is 19.0 Å². The van der Waals surface area contributed by atoms with Crippen LogP contribution in [0, 0.1) is 0 Å². The van der Waals surface area contributed by atoms with Crippen LogP contribution in [0.1, 0.15) is 10.4 Å². The van der Waals surface area contributed by atoms with Gasteiger partial charge in [-0.3, -0.25) is 0 Å². The molecule has 0 fully saturated rings. The third kappa shape index (κ3) is 3.70. The molecule has 0 saturated heterocycles. The molecule has 0 N–H and O–H groups in total. The highest BCUT2D eigenvalue weighted by Crippen LogP contribution is 2.33. The van der Waals surface area contributed by atoms with Crippen LogP contribution in [0.2, 0.25) is 0 Å². The van der Waals surface area contributed by atoms with Crippen LogP contribution in [-0.4, -0.2) is 27.3 Å². The van der Waals surface area contributed by atoms with E-state index in [0.29, 0.717) is 11.3 Å². The zero-order chi connectivity index (χ0) is 15.2. The summed E-state index contributed by atoms with van der Waals surface area (Å²) in [4.78, 5) is 13.7. The van der Waals surface area contributed by atoms with Gasteiger partial charge in [-0.1, -0.05) is 11.8 Å². The summed E-state index contributed by atoms with van der Waals surface area (Å²) < 4.78 is 15.1. The molecule has 0 heterocycles. The lowest BCUT2D eigenvalue weighted by Crippen LogP contribution is -2.03. The first-order valence-electron chi connectivity index (χ1n) is 6.26. The van der Waals surface area contributed by atoms with Gasteiger partial charge >= 0.3 is 5.97 Å². The maximum absolute atomic E-state index is 11.9. The third-order valence-corrected chi connectivity index (χ3v) is 3.96. The first kappa shape index (κ1) is 15.3. The lowest BCUT2D eigenvalue weighted by Gasteiger charge is -2.10. The first-order chi connectivity index (χ1) is 10.2. The van der Waals surface area contributed by atoms with E-state index < -0.39 is 0 Å². The van der Waals surface area contributed by atoms with E-state index in [1.165, 1.54) is 18.9 Å². The fourth-order valence-corrected chi connectivity index (χ4v) is 2.68. The monoisotopic (exact) mass is 304 g/mol. The van der Waals surface area contributed by atoms with Crippen molar-refractivity contribution in [3.63, 3.8) is 0 Å². The van der Waals surface area contributed by atoms with Crippen LogP contribution in [0.3, 0.4) is 0 Å². The van der Waals surface area contributed by atoms with Gasteiger partial charge in [0.2, 0.25) is 0 Å². The zero-order valence-electron chi connectivity index (χ0n) is 12.1. The fraction of sp³-hybridized carbons (Fsp3) is 0.188. The molecule has 0 aliphatic rings. The molecule has 2 aromatic carbocycles. The third-order valence-electron chi connectivity index (χ3n) is 2.88. The number of ether oxygens (including phenoxy) is 3. The van der Waals surface area contributed by atoms with E-state index in [4.69, 9.17) is 14.2 Å². The molecule has 110 valence electrons. The van der Waals surface area contributed by atoms with E-state index in [0.717, 1.165) is 15.5 Å². The fourth-order valence-electron chi connectivity index (χ4n) is 1.77. The summed E-state index contributed by atoms with van der Waals surface area (Å²) in [7, 11) is 4.55. The Hall–Kier alpha value is -2.14. The molecule has 0 radical (unpaired) electrons. The van der Waals surface area contributed by atoms with Gasteiger partial charge in [-0.2, -0.15) is 0 Å². The van der Waals surface area contributed by atoms with Gasteiger partial charge in [0.1, 0.15) is 11.5 Å². The molecular formula is C16H16O4S. The first-order valence-corrected chi connectivity index (χ1v) is 7.08. The molecule has 0 unspecified atom stereocenters. The van der Waals surface area contributed by atoms with Gasteiger partial charge in [0.15, 0.2) is 0 Å². The Balaban J connectivity index is 2.31. The molecule has 0 amide bonds. The van der Waals surface area contributed by atoms with Crippen LogP contribution < -0.4 is 9.47 Å². The van der Waals surface area contributed by atoms with Crippen molar-refractivity contribution in [3.8, 4) is 11.5 Å². The number of carbonyl (C=O) groups is 1. The predicted molar refractivity (Wildman–Crippen MR) is 81.5 cm³/mol. The molecule has 0 aliphatic heterocycles. The minimum atomic E-state index is -0.384. The Bertz CT molecular complexity index is 623. The van der Waals surface area contributed by atoms with E-state index in [2.05, 4.69) is 0 Å². The van der Waals surface area contributed by atoms with Gasteiger partial charge in [-0.05, 0) is 42.5 Å². The number of rotatable bonds is 5. The Morgan fingerprint density at radius 1 is 0.905 bits per heavy atom. The molecule has 2 aromatic rings. The number of esters is 1. The van der Waals surface area contributed by atoms with Gasteiger partial charge in [-0.15, -0.1) is 0 Å². The zero-order valence-corrected chi connectivity index (χ0v) is 12.9. The number of hydrogen-bond donors (Lipinski definition) is 0. The second-order valence-corrected chi connectivity index (χ2v) is 5.25. The molecule has 4 nitrogen and oxygen atoms in total. The summed E-state index contributed by atoms with van der Waals surface area (Å²) in [6, 6.07) is 13.0. The standard InChI is InChI=1S/C16H16O4S/c1-18-11-4-7-13(8-5-11)21-15-9-6-12(19-2)10-14(15)16(17)20-3/h4-10H,1-3H3. The van der Waals surface area contributed by atoms with Gasteiger partial charge in [-0.25, -0.2) is 4.79 Å². The van der Waals surface area contributed by atoms with E-state index >= 15 is 0 Å². The minimum absolute atomic E-state index is 0.384. The molecule has 2 rings (SSSR count). The Kier molecular flexibility index (Phi) is 5.11. The average molecular weight is 304 g/mol. The van der Waals surface area contributed by atoms with Crippen LogP contribution in [-0.2, 0) is 4.74 Å². The van der Waals surface area contributed by atoms with Crippen molar-refractivity contribution >= 4 is 17.7 Å². The van der Waals surface area contributed by atoms with Crippen molar-refractivity contribution in [2.45, 2.75) is 9.79 Å². The molecule has 0 bridgehead atoms. The summed E-state index contributed by atoms with van der Waals surface area (Å²) >= 11 is 1.48. The van der Waals surface area contributed by atoms with Gasteiger partial charge in [0, 0.05) is 9.79 Å². The average Bonchev–Trinajstić information content (AvgIpc) is 2.55. The molecule has 5 heteroatoms. The smallest absolute Gasteiger partial charge is 0.339 e. The minimum Gasteiger partial charge on any atom is -0.497 e. The molecule has 0 aliphatic carbocycles. The predicted octanol–water partition coefficient (Wildman–Crippen LogP) is 3.64. The second-order valence-electron chi connectivity index (χ2n) is 4.13. The quantitative estimate of drug-likeness (QED) is 0.789.